The zero-order valence-electron chi connectivity index (χ0n) is 16.0. The average Bonchev–Trinajstić information content (AvgIpc) is 2.74. The van der Waals surface area contributed by atoms with Crippen LogP contribution in [0.5, 0.6) is 0 Å². The third-order valence-corrected chi connectivity index (χ3v) is 5.13. The van der Waals surface area contributed by atoms with E-state index in [0.29, 0.717) is 5.56 Å². The molecule has 1 heterocycles. The van der Waals surface area contributed by atoms with E-state index in [4.69, 9.17) is 0 Å². The predicted octanol–water partition coefficient (Wildman–Crippen LogP) is 5.70. The maximum Gasteiger partial charge on any atom is 0.252 e. The molecule has 0 bridgehead atoms. The van der Waals surface area contributed by atoms with Crippen molar-refractivity contribution in [3.63, 3.8) is 0 Å². The Kier molecular flexibility index (Phi) is 4.90. The third-order valence-electron chi connectivity index (χ3n) is 5.13. The van der Waals surface area contributed by atoms with E-state index in [2.05, 4.69) is 34.6 Å². The van der Waals surface area contributed by atoms with E-state index in [-0.39, 0.29) is 11.9 Å². The highest BCUT2D eigenvalue weighted by molar-refractivity contribution is 5.97. The van der Waals surface area contributed by atoms with Crippen LogP contribution in [0.25, 0.3) is 21.9 Å². The molecule has 4 rings (SSSR count). The van der Waals surface area contributed by atoms with Crippen LogP contribution >= 0.6 is 0 Å². The van der Waals surface area contributed by atoms with Crippen LogP contribution in [0.3, 0.4) is 0 Å². The first-order chi connectivity index (χ1) is 13.6. The van der Waals surface area contributed by atoms with Crippen molar-refractivity contribution in [2.24, 2.45) is 0 Å². The van der Waals surface area contributed by atoms with Crippen molar-refractivity contribution < 1.29 is 4.79 Å². The van der Waals surface area contributed by atoms with Crippen LogP contribution in [0.1, 0.15) is 34.5 Å². The average molecular weight is 366 g/mol. The quantitative estimate of drug-likeness (QED) is 0.503. The molecule has 0 spiro atoms. The van der Waals surface area contributed by atoms with Crippen molar-refractivity contribution in [3.05, 3.63) is 102 Å². The van der Waals surface area contributed by atoms with Crippen LogP contribution in [0.15, 0.2) is 85.2 Å². The van der Waals surface area contributed by atoms with Gasteiger partial charge in [0.2, 0.25) is 0 Å². The van der Waals surface area contributed by atoms with Gasteiger partial charge in [-0.2, -0.15) is 0 Å². The summed E-state index contributed by atoms with van der Waals surface area (Å²) in [4.78, 5) is 17.1. The molecule has 0 saturated heterocycles. The lowest BCUT2D eigenvalue weighted by Crippen LogP contribution is -2.27. The number of nitrogens with one attached hydrogen (secondary N) is 1. The predicted molar refractivity (Wildman–Crippen MR) is 114 cm³/mol. The summed E-state index contributed by atoms with van der Waals surface area (Å²) in [5.74, 6) is -0.0613. The standard InChI is InChI=1S/C25H22N2O/c1-17-10-11-21(19-12-14-26-15-13-19)16-24(17)25(28)27-18(2)22-9-5-7-20-6-3-4-8-23(20)22/h3-16,18H,1-2H3,(H,27,28)/t18-/m1/s1. The second-order valence-corrected chi connectivity index (χ2v) is 7.03. The minimum absolute atomic E-state index is 0.0613. The molecular formula is C25H22N2O. The van der Waals surface area contributed by atoms with E-state index < -0.39 is 0 Å². The fraction of sp³-hybridized carbons (Fsp3) is 0.120. The first-order valence-electron chi connectivity index (χ1n) is 9.43. The van der Waals surface area contributed by atoms with Gasteiger partial charge in [-0.25, -0.2) is 0 Å². The Bertz CT molecular complexity index is 1130. The lowest BCUT2D eigenvalue weighted by atomic mass is 9.98. The number of fused-ring (bicyclic) bond motifs is 1. The number of aryl methyl sites for hydroxylation is 1. The summed E-state index contributed by atoms with van der Waals surface area (Å²) in [5, 5.41) is 5.52. The number of nitrogens with zero attached hydrogens (tertiary/aromatic N) is 1. The first-order valence-corrected chi connectivity index (χ1v) is 9.43. The van der Waals surface area contributed by atoms with Gasteiger partial charge in [0.25, 0.3) is 5.91 Å². The molecule has 0 aliphatic heterocycles. The van der Waals surface area contributed by atoms with Crippen molar-refractivity contribution in [2.75, 3.05) is 0 Å². The van der Waals surface area contributed by atoms with Gasteiger partial charge in [0.1, 0.15) is 0 Å². The van der Waals surface area contributed by atoms with Crippen LogP contribution in [0, 0.1) is 6.92 Å². The Labute approximate surface area is 165 Å². The summed E-state index contributed by atoms with van der Waals surface area (Å²) in [5.41, 5.74) is 4.83. The summed E-state index contributed by atoms with van der Waals surface area (Å²) >= 11 is 0. The molecule has 0 radical (unpaired) electrons. The molecule has 3 aromatic carbocycles. The molecule has 138 valence electrons. The SMILES string of the molecule is Cc1ccc(-c2ccncc2)cc1C(=O)N[C@H](C)c1cccc2ccccc12. The van der Waals surface area contributed by atoms with Gasteiger partial charge >= 0.3 is 0 Å². The molecule has 1 amide bonds. The summed E-state index contributed by atoms with van der Waals surface area (Å²) in [6.45, 7) is 4.00. The van der Waals surface area contributed by atoms with E-state index in [1.54, 1.807) is 12.4 Å². The van der Waals surface area contributed by atoms with E-state index >= 15 is 0 Å². The molecule has 3 heteroatoms. The van der Waals surface area contributed by atoms with Gasteiger partial charge in [-0.3, -0.25) is 9.78 Å². The van der Waals surface area contributed by atoms with Crippen molar-refractivity contribution >= 4 is 16.7 Å². The molecular weight excluding hydrogens is 344 g/mol. The van der Waals surface area contributed by atoms with E-state index in [9.17, 15) is 4.79 Å². The minimum atomic E-state index is -0.0948. The topological polar surface area (TPSA) is 42.0 Å². The Morgan fingerprint density at radius 3 is 2.46 bits per heavy atom. The smallest absolute Gasteiger partial charge is 0.252 e. The Hall–Kier alpha value is -3.46. The molecule has 0 aliphatic carbocycles. The van der Waals surface area contributed by atoms with Crippen LogP contribution in [0.2, 0.25) is 0 Å². The zero-order valence-corrected chi connectivity index (χ0v) is 16.0. The maximum absolute atomic E-state index is 13.0. The van der Waals surface area contributed by atoms with E-state index in [1.807, 2.05) is 62.4 Å². The normalized spacial score (nSPS) is 11.9. The van der Waals surface area contributed by atoms with Crippen molar-refractivity contribution in [3.8, 4) is 11.1 Å². The van der Waals surface area contributed by atoms with Crippen LogP contribution in [-0.4, -0.2) is 10.9 Å². The van der Waals surface area contributed by atoms with Gasteiger partial charge in [-0.15, -0.1) is 0 Å². The molecule has 4 aromatic rings. The summed E-state index contributed by atoms with van der Waals surface area (Å²) < 4.78 is 0. The molecule has 3 nitrogen and oxygen atoms in total. The third kappa shape index (κ3) is 3.52. The largest absolute Gasteiger partial charge is 0.345 e. The van der Waals surface area contributed by atoms with Crippen molar-refractivity contribution in [1.82, 2.24) is 10.3 Å². The molecule has 1 N–H and O–H groups in total. The van der Waals surface area contributed by atoms with Crippen molar-refractivity contribution in [2.45, 2.75) is 19.9 Å². The number of carbonyl (C=O) groups is 1. The number of pyridine rings is 1. The Balaban J connectivity index is 1.63. The number of rotatable bonds is 4. The lowest BCUT2D eigenvalue weighted by Gasteiger charge is -2.18. The highest BCUT2D eigenvalue weighted by atomic mass is 16.1. The highest BCUT2D eigenvalue weighted by Crippen LogP contribution is 2.26. The maximum atomic E-state index is 13.0. The highest BCUT2D eigenvalue weighted by Gasteiger charge is 2.16. The molecule has 0 unspecified atom stereocenters. The fourth-order valence-electron chi connectivity index (χ4n) is 3.57. The Morgan fingerprint density at radius 2 is 1.64 bits per heavy atom. The summed E-state index contributed by atoms with van der Waals surface area (Å²) in [6, 6.07) is 24.3. The molecule has 1 aromatic heterocycles. The number of aromatic nitrogens is 1. The van der Waals surface area contributed by atoms with Gasteiger partial charge in [0, 0.05) is 18.0 Å². The number of carbonyl (C=O) groups excluding carboxylic acids is 1. The number of amides is 1. The lowest BCUT2D eigenvalue weighted by molar-refractivity contribution is 0.0939. The van der Waals surface area contributed by atoms with E-state index in [0.717, 1.165) is 22.3 Å². The Morgan fingerprint density at radius 1 is 0.893 bits per heavy atom. The van der Waals surface area contributed by atoms with Crippen molar-refractivity contribution in [1.29, 1.82) is 0 Å². The van der Waals surface area contributed by atoms with Crippen LogP contribution in [-0.2, 0) is 0 Å². The van der Waals surface area contributed by atoms with Gasteiger partial charge in [0.15, 0.2) is 0 Å². The molecule has 0 saturated carbocycles. The molecule has 28 heavy (non-hydrogen) atoms. The summed E-state index contributed by atoms with van der Waals surface area (Å²) in [7, 11) is 0. The number of hydrogen-bond donors (Lipinski definition) is 1. The van der Waals surface area contributed by atoms with Gasteiger partial charge in [-0.1, -0.05) is 54.6 Å². The van der Waals surface area contributed by atoms with Crippen LogP contribution < -0.4 is 5.32 Å². The fourth-order valence-corrected chi connectivity index (χ4v) is 3.57. The van der Waals surface area contributed by atoms with Crippen LogP contribution in [0.4, 0.5) is 0 Å². The van der Waals surface area contributed by atoms with Gasteiger partial charge in [0.05, 0.1) is 6.04 Å². The van der Waals surface area contributed by atoms with Gasteiger partial charge < -0.3 is 5.32 Å². The second-order valence-electron chi connectivity index (χ2n) is 7.03. The number of benzene rings is 3. The molecule has 0 aliphatic rings. The van der Waals surface area contributed by atoms with Gasteiger partial charge in [-0.05, 0) is 65.1 Å². The molecule has 0 fully saturated rings. The van der Waals surface area contributed by atoms with E-state index in [1.165, 1.54) is 10.8 Å². The number of hydrogen-bond acceptors (Lipinski definition) is 2. The zero-order chi connectivity index (χ0) is 19.5. The summed E-state index contributed by atoms with van der Waals surface area (Å²) in [6.07, 6.45) is 3.52. The monoisotopic (exact) mass is 366 g/mol. The molecule has 1 atom stereocenters. The second kappa shape index (κ2) is 7.65. The minimum Gasteiger partial charge on any atom is -0.345 e. The first kappa shape index (κ1) is 17.9.